The quantitative estimate of drug-likeness (QED) is 0.431. The Morgan fingerprint density at radius 3 is 2.24 bits per heavy atom. The second kappa shape index (κ2) is 8.76. The van der Waals surface area contributed by atoms with Crippen LogP contribution >= 0.6 is 0 Å². The zero-order valence-electron chi connectivity index (χ0n) is 19.9. The molecule has 34 heavy (non-hydrogen) atoms. The van der Waals surface area contributed by atoms with Crippen molar-refractivity contribution < 1.29 is 13.4 Å². The van der Waals surface area contributed by atoms with E-state index in [2.05, 4.69) is 52.9 Å². The Balaban J connectivity index is 1.58. The third kappa shape index (κ3) is 3.92. The summed E-state index contributed by atoms with van der Waals surface area (Å²) in [5.74, 6) is 0. The number of sulfone groups is 1. The van der Waals surface area contributed by atoms with Gasteiger partial charge in [0.2, 0.25) is 15.4 Å². The maximum atomic E-state index is 13.7. The number of anilines is 2. The van der Waals surface area contributed by atoms with E-state index in [0.29, 0.717) is 9.79 Å². The molecule has 1 N–H and O–H groups in total. The van der Waals surface area contributed by atoms with Gasteiger partial charge in [0.1, 0.15) is 0 Å². The van der Waals surface area contributed by atoms with E-state index in [0.717, 1.165) is 48.3 Å². The molecule has 3 aromatic carbocycles. The molecule has 5 rings (SSSR count). The Labute approximate surface area is 201 Å². The van der Waals surface area contributed by atoms with Crippen LogP contribution in [0.25, 0.3) is 10.9 Å². The van der Waals surface area contributed by atoms with E-state index in [4.69, 9.17) is 0 Å². The molecule has 2 heterocycles. The van der Waals surface area contributed by atoms with Crippen molar-refractivity contribution in [2.24, 2.45) is 0 Å². The standard InChI is InChI=1S/C28H29N3O2S/c1-20-12-13-25-24(18-20)28(27(19-29-25)34(32,33)23-9-5-4-6-10-23)31-16-14-30(15-17-31)26-11-7-8-21(2)22(26)3/h4-13,18-19H,14-17H2,1-3H3/p+1. The molecular weight excluding hydrogens is 442 g/mol. The number of fused-ring (bicyclic) bond motifs is 1. The highest BCUT2D eigenvalue weighted by molar-refractivity contribution is 7.91. The van der Waals surface area contributed by atoms with Gasteiger partial charge in [-0.15, -0.1) is 0 Å². The number of rotatable bonds is 4. The average molecular weight is 473 g/mol. The number of pyridine rings is 1. The summed E-state index contributed by atoms with van der Waals surface area (Å²) in [6, 6.07) is 21.3. The minimum absolute atomic E-state index is 0.311. The lowest BCUT2D eigenvalue weighted by Gasteiger charge is -2.38. The summed E-state index contributed by atoms with van der Waals surface area (Å²) in [6.45, 7) is 9.52. The summed E-state index contributed by atoms with van der Waals surface area (Å²) in [5.41, 5.74) is 6.69. The van der Waals surface area contributed by atoms with Crippen LogP contribution in [-0.4, -0.2) is 34.6 Å². The van der Waals surface area contributed by atoms with Gasteiger partial charge in [0, 0.05) is 37.9 Å². The molecular formula is C28H30N3O2S+. The van der Waals surface area contributed by atoms with E-state index in [9.17, 15) is 8.42 Å². The van der Waals surface area contributed by atoms with E-state index in [-0.39, 0.29) is 0 Å². The Hall–Kier alpha value is -3.38. The number of aromatic nitrogens is 1. The summed E-state index contributed by atoms with van der Waals surface area (Å²) in [7, 11) is -3.69. The molecule has 0 saturated carbocycles. The third-order valence-corrected chi connectivity index (χ3v) is 8.66. The van der Waals surface area contributed by atoms with Crippen molar-refractivity contribution in [3.05, 3.63) is 89.6 Å². The van der Waals surface area contributed by atoms with E-state index >= 15 is 0 Å². The van der Waals surface area contributed by atoms with Gasteiger partial charge in [-0.05, 0) is 61.7 Å². The largest absolute Gasteiger partial charge is 0.368 e. The van der Waals surface area contributed by atoms with Gasteiger partial charge < -0.3 is 9.80 Å². The first-order valence-corrected chi connectivity index (χ1v) is 13.2. The molecule has 0 aliphatic carbocycles. The van der Waals surface area contributed by atoms with Crippen molar-refractivity contribution in [2.45, 2.75) is 30.6 Å². The van der Waals surface area contributed by atoms with Crippen LogP contribution in [0, 0.1) is 20.8 Å². The summed E-state index contributed by atoms with van der Waals surface area (Å²) in [5, 5.41) is 0.942. The summed E-state index contributed by atoms with van der Waals surface area (Å²) < 4.78 is 27.5. The topological polar surface area (TPSA) is 54.8 Å². The highest BCUT2D eigenvalue weighted by atomic mass is 32.2. The minimum Gasteiger partial charge on any atom is -0.368 e. The third-order valence-electron chi connectivity index (χ3n) is 6.88. The van der Waals surface area contributed by atoms with Crippen LogP contribution in [0.1, 0.15) is 16.7 Å². The number of H-pyrrole nitrogens is 1. The number of aromatic amines is 1. The van der Waals surface area contributed by atoms with E-state index < -0.39 is 9.84 Å². The van der Waals surface area contributed by atoms with Crippen LogP contribution in [0.3, 0.4) is 0 Å². The lowest BCUT2D eigenvalue weighted by Crippen LogP contribution is -2.47. The van der Waals surface area contributed by atoms with Gasteiger partial charge in [-0.1, -0.05) is 36.4 Å². The lowest BCUT2D eigenvalue weighted by molar-refractivity contribution is -0.347. The Morgan fingerprint density at radius 1 is 0.794 bits per heavy atom. The molecule has 1 fully saturated rings. The van der Waals surface area contributed by atoms with Crippen LogP contribution in [0.15, 0.2) is 82.7 Å². The first-order valence-electron chi connectivity index (χ1n) is 11.7. The molecule has 5 nitrogen and oxygen atoms in total. The Morgan fingerprint density at radius 2 is 1.50 bits per heavy atom. The smallest absolute Gasteiger partial charge is 0.214 e. The first kappa shape index (κ1) is 22.4. The highest BCUT2D eigenvalue weighted by Gasteiger charge is 2.31. The van der Waals surface area contributed by atoms with Crippen LogP contribution in [0.5, 0.6) is 0 Å². The second-order valence-electron chi connectivity index (χ2n) is 9.06. The molecule has 1 saturated heterocycles. The fraction of sp³-hybridized carbons (Fsp3) is 0.250. The molecule has 4 aromatic rings. The van der Waals surface area contributed by atoms with E-state index in [1.54, 1.807) is 30.5 Å². The maximum absolute atomic E-state index is 13.7. The Bertz CT molecular complexity index is 1460. The zero-order chi connectivity index (χ0) is 23.9. The number of piperazine rings is 1. The van der Waals surface area contributed by atoms with Crippen molar-refractivity contribution in [3.63, 3.8) is 0 Å². The normalized spacial score (nSPS) is 14.6. The number of benzene rings is 3. The molecule has 1 aliphatic heterocycles. The monoisotopic (exact) mass is 472 g/mol. The van der Waals surface area contributed by atoms with Crippen LogP contribution in [0.4, 0.5) is 11.4 Å². The molecule has 1 aromatic heterocycles. The fourth-order valence-corrected chi connectivity index (χ4v) is 6.31. The fourth-order valence-electron chi connectivity index (χ4n) is 4.83. The van der Waals surface area contributed by atoms with Crippen LogP contribution in [0.2, 0.25) is 0 Å². The highest BCUT2D eigenvalue weighted by Crippen LogP contribution is 2.36. The molecule has 1 aliphatic rings. The van der Waals surface area contributed by atoms with Crippen molar-refractivity contribution in [1.82, 2.24) is 0 Å². The van der Waals surface area contributed by atoms with Gasteiger partial charge in [0.25, 0.3) is 0 Å². The lowest BCUT2D eigenvalue weighted by atomic mass is 10.1. The predicted octanol–water partition coefficient (Wildman–Crippen LogP) is 4.74. The van der Waals surface area contributed by atoms with Crippen molar-refractivity contribution >= 4 is 32.1 Å². The minimum atomic E-state index is -3.69. The summed E-state index contributed by atoms with van der Waals surface area (Å²) >= 11 is 0. The molecule has 6 heteroatoms. The van der Waals surface area contributed by atoms with Gasteiger partial charge in [0.15, 0.2) is 11.1 Å². The molecule has 0 amide bonds. The van der Waals surface area contributed by atoms with Gasteiger partial charge in [-0.3, -0.25) is 0 Å². The number of hydrogen-bond donors (Lipinski definition) is 0. The average Bonchev–Trinajstić information content (AvgIpc) is 2.85. The van der Waals surface area contributed by atoms with E-state index in [1.807, 2.05) is 25.1 Å². The van der Waals surface area contributed by atoms with Gasteiger partial charge >= 0.3 is 0 Å². The molecule has 0 atom stereocenters. The summed E-state index contributed by atoms with van der Waals surface area (Å²) in [4.78, 5) is 8.53. The zero-order valence-corrected chi connectivity index (χ0v) is 20.7. The van der Waals surface area contributed by atoms with Gasteiger partial charge in [-0.25, -0.2) is 13.4 Å². The first-order chi connectivity index (χ1) is 16.4. The SMILES string of the molecule is Cc1ccc2[nH+]cc(S(=O)(=O)c3ccccc3)c(N3CCN(c4cccc(C)c4C)CC3)c2c1. The van der Waals surface area contributed by atoms with Crippen molar-refractivity contribution in [1.29, 1.82) is 0 Å². The molecule has 0 unspecified atom stereocenters. The van der Waals surface area contributed by atoms with Crippen LogP contribution < -0.4 is 14.8 Å². The maximum Gasteiger partial charge on any atom is 0.214 e. The molecule has 174 valence electrons. The number of hydrogen-bond acceptors (Lipinski definition) is 4. The molecule has 0 spiro atoms. The molecule has 0 radical (unpaired) electrons. The molecule has 0 bridgehead atoms. The Kier molecular flexibility index (Phi) is 5.78. The number of nitrogens with one attached hydrogen (secondary N) is 1. The van der Waals surface area contributed by atoms with Gasteiger partial charge in [-0.2, -0.15) is 0 Å². The van der Waals surface area contributed by atoms with E-state index in [1.165, 1.54) is 16.8 Å². The van der Waals surface area contributed by atoms with Crippen molar-refractivity contribution in [3.8, 4) is 0 Å². The number of nitrogens with zero attached hydrogens (tertiary/aromatic N) is 2. The predicted molar refractivity (Wildman–Crippen MR) is 137 cm³/mol. The summed E-state index contributed by atoms with van der Waals surface area (Å²) in [6.07, 6.45) is 1.66. The number of aryl methyl sites for hydroxylation is 2. The van der Waals surface area contributed by atoms with Gasteiger partial charge in [0.05, 0.1) is 16.0 Å². The van der Waals surface area contributed by atoms with Crippen molar-refractivity contribution in [2.75, 3.05) is 36.0 Å². The van der Waals surface area contributed by atoms with Crippen LogP contribution in [-0.2, 0) is 9.84 Å². The second-order valence-corrected chi connectivity index (χ2v) is 11.0.